The van der Waals surface area contributed by atoms with E-state index in [4.69, 9.17) is 0 Å². The van der Waals surface area contributed by atoms with Crippen LogP contribution in [0.4, 0.5) is 14.9 Å². The summed E-state index contributed by atoms with van der Waals surface area (Å²) in [4.78, 5) is 14.8. The van der Waals surface area contributed by atoms with Crippen LogP contribution in [0.3, 0.4) is 0 Å². The van der Waals surface area contributed by atoms with Gasteiger partial charge in [0.15, 0.2) is 0 Å². The Balaban J connectivity index is 1.69. The summed E-state index contributed by atoms with van der Waals surface area (Å²) in [6.07, 6.45) is 1.97. The molecule has 4 rings (SSSR count). The third-order valence-corrected chi connectivity index (χ3v) is 5.26. The van der Waals surface area contributed by atoms with Crippen LogP contribution in [0.25, 0.3) is 0 Å². The van der Waals surface area contributed by atoms with Crippen LogP contribution in [0.1, 0.15) is 28.4 Å². The molecule has 1 atom stereocenters. The molecule has 1 aromatic heterocycles. The van der Waals surface area contributed by atoms with Crippen LogP contribution in [0.2, 0.25) is 0 Å². The number of hydrogen-bond acceptors (Lipinski definition) is 1. The summed E-state index contributed by atoms with van der Waals surface area (Å²) in [6, 6.07) is 15.7. The van der Waals surface area contributed by atoms with Crippen molar-refractivity contribution in [3.63, 3.8) is 0 Å². The van der Waals surface area contributed by atoms with E-state index in [0.717, 1.165) is 16.9 Å². The van der Waals surface area contributed by atoms with Crippen molar-refractivity contribution in [2.75, 3.05) is 11.9 Å². The zero-order valence-electron chi connectivity index (χ0n) is 15.4. The molecule has 0 spiro atoms. The molecule has 5 heteroatoms. The fraction of sp³-hybridized carbons (Fsp3) is 0.227. The molecule has 1 N–H and O–H groups in total. The lowest BCUT2D eigenvalue weighted by molar-refractivity contribution is 0.180. The summed E-state index contributed by atoms with van der Waals surface area (Å²) >= 11 is 0. The lowest BCUT2D eigenvalue weighted by Crippen LogP contribution is -2.44. The number of benzene rings is 2. The van der Waals surface area contributed by atoms with Gasteiger partial charge in [-0.1, -0.05) is 24.3 Å². The molecular weight excluding hydrogens is 341 g/mol. The average Bonchev–Trinajstić information content (AvgIpc) is 3.13. The molecule has 27 heavy (non-hydrogen) atoms. The van der Waals surface area contributed by atoms with Crippen molar-refractivity contribution >= 4 is 11.7 Å². The predicted molar refractivity (Wildman–Crippen MR) is 104 cm³/mol. The van der Waals surface area contributed by atoms with E-state index in [1.54, 1.807) is 23.1 Å². The first-order chi connectivity index (χ1) is 13.0. The van der Waals surface area contributed by atoms with Gasteiger partial charge in [-0.05, 0) is 55.3 Å². The summed E-state index contributed by atoms with van der Waals surface area (Å²) in [5.41, 5.74) is 4.46. The van der Waals surface area contributed by atoms with E-state index in [1.807, 2.05) is 50.4 Å². The van der Waals surface area contributed by atoms with Gasteiger partial charge in [0.2, 0.25) is 0 Å². The minimum atomic E-state index is -0.457. The summed E-state index contributed by atoms with van der Waals surface area (Å²) in [5, 5.41) is 2.98. The number of amides is 2. The number of nitrogens with zero attached hydrogens (tertiary/aromatic N) is 2. The van der Waals surface area contributed by atoms with Crippen LogP contribution in [0.5, 0.6) is 0 Å². The number of urea groups is 1. The van der Waals surface area contributed by atoms with Crippen molar-refractivity contribution in [1.29, 1.82) is 0 Å². The van der Waals surface area contributed by atoms with Crippen LogP contribution < -0.4 is 5.32 Å². The Kier molecular flexibility index (Phi) is 4.44. The molecule has 2 heterocycles. The van der Waals surface area contributed by atoms with Gasteiger partial charge in [-0.2, -0.15) is 0 Å². The monoisotopic (exact) mass is 363 g/mol. The zero-order chi connectivity index (χ0) is 19.0. The first-order valence-electron chi connectivity index (χ1n) is 9.09. The highest BCUT2D eigenvalue weighted by Crippen LogP contribution is 2.34. The minimum Gasteiger partial charge on any atom is -0.348 e. The van der Waals surface area contributed by atoms with Gasteiger partial charge in [0.1, 0.15) is 11.9 Å². The maximum absolute atomic E-state index is 14.6. The van der Waals surface area contributed by atoms with Crippen molar-refractivity contribution in [3.05, 3.63) is 89.0 Å². The van der Waals surface area contributed by atoms with Crippen molar-refractivity contribution in [2.24, 2.45) is 0 Å². The molecule has 3 aromatic rings. The Bertz CT molecular complexity index is 995. The van der Waals surface area contributed by atoms with Crippen molar-refractivity contribution < 1.29 is 9.18 Å². The van der Waals surface area contributed by atoms with Crippen LogP contribution >= 0.6 is 0 Å². The smallest absolute Gasteiger partial charge is 0.322 e. The van der Waals surface area contributed by atoms with E-state index >= 15 is 0 Å². The highest BCUT2D eigenvalue weighted by molar-refractivity contribution is 5.90. The quantitative estimate of drug-likeness (QED) is 0.692. The van der Waals surface area contributed by atoms with Crippen molar-refractivity contribution in [2.45, 2.75) is 26.4 Å². The van der Waals surface area contributed by atoms with Gasteiger partial charge < -0.3 is 14.8 Å². The third-order valence-electron chi connectivity index (χ3n) is 5.26. The second-order valence-corrected chi connectivity index (χ2v) is 6.97. The van der Waals surface area contributed by atoms with Gasteiger partial charge in [0.25, 0.3) is 0 Å². The van der Waals surface area contributed by atoms with Gasteiger partial charge in [-0.3, -0.25) is 0 Å². The largest absolute Gasteiger partial charge is 0.348 e. The van der Waals surface area contributed by atoms with E-state index in [1.165, 1.54) is 11.6 Å². The Morgan fingerprint density at radius 2 is 1.85 bits per heavy atom. The molecule has 1 aliphatic rings. The lowest BCUT2D eigenvalue weighted by Gasteiger charge is -2.37. The highest BCUT2D eigenvalue weighted by Gasteiger charge is 2.33. The molecule has 4 nitrogen and oxygen atoms in total. The lowest BCUT2D eigenvalue weighted by atomic mass is 9.99. The summed E-state index contributed by atoms with van der Waals surface area (Å²) in [5.74, 6) is -0.305. The topological polar surface area (TPSA) is 37.3 Å². The van der Waals surface area contributed by atoms with Gasteiger partial charge in [0, 0.05) is 36.2 Å². The number of carbonyl (C=O) groups is 1. The second-order valence-electron chi connectivity index (χ2n) is 6.97. The predicted octanol–water partition coefficient (Wildman–Crippen LogP) is 4.88. The van der Waals surface area contributed by atoms with E-state index in [9.17, 15) is 9.18 Å². The van der Waals surface area contributed by atoms with Crippen molar-refractivity contribution in [3.8, 4) is 0 Å². The van der Waals surface area contributed by atoms with Crippen LogP contribution in [-0.2, 0) is 6.54 Å². The number of halogens is 1. The number of anilines is 1. The summed E-state index contributed by atoms with van der Waals surface area (Å²) < 4.78 is 16.6. The number of aromatic nitrogens is 1. The Morgan fingerprint density at radius 1 is 1.04 bits per heavy atom. The van der Waals surface area contributed by atoms with E-state index in [2.05, 4.69) is 9.88 Å². The summed E-state index contributed by atoms with van der Waals surface area (Å²) in [6.45, 7) is 5.25. The SMILES string of the molecule is Cc1ccc(NC(=O)N2CCn3cccc3[C@@H]2c2ccccc2F)cc1C. The first kappa shape index (κ1) is 17.3. The molecule has 2 aromatic carbocycles. The molecule has 0 fully saturated rings. The Morgan fingerprint density at radius 3 is 2.63 bits per heavy atom. The Hall–Kier alpha value is -3.08. The third kappa shape index (κ3) is 3.21. The molecule has 138 valence electrons. The van der Waals surface area contributed by atoms with E-state index in [-0.39, 0.29) is 11.8 Å². The summed E-state index contributed by atoms with van der Waals surface area (Å²) in [7, 11) is 0. The second kappa shape index (κ2) is 6.91. The molecule has 0 radical (unpaired) electrons. The molecule has 0 aliphatic carbocycles. The average molecular weight is 363 g/mol. The zero-order valence-corrected chi connectivity index (χ0v) is 15.4. The van der Waals surface area contributed by atoms with Crippen LogP contribution in [0.15, 0.2) is 60.8 Å². The van der Waals surface area contributed by atoms with Crippen LogP contribution in [0, 0.1) is 19.7 Å². The van der Waals surface area contributed by atoms with Crippen molar-refractivity contribution in [1.82, 2.24) is 9.47 Å². The fourth-order valence-electron chi connectivity index (χ4n) is 3.64. The molecule has 0 saturated heterocycles. The van der Waals surface area contributed by atoms with Gasteiger partial charge in [-0.25, -0.2) is 9.18 Å². The van der Waals surface area contributed by atoms with Gasteiger partial charge in [-0.15, -0.1) is 0 Å². The highest BCUT2D eigenvalue weighted by atomic mass is 19.1. The number of fused-ring (bicyclic) bond motifs is 1. The number of nitrogens with one attached hydrogen (secondary N) is 1. The maximum atomic E-state index is 14.6. The van der Waals surface area contributed by atoms with Crippen LogP contribution in [-0.4, -0.2) is 22.0 Å². The number of carbonyl (C=O) groups excluding carboxylic acids is 1. The fourth-order valence-corrected chi connectivity index (χ4v) is 3.64. The molecular formula is C22H22FN3O. The van der Waals surface area contributed by atoms with Gasteiger partial charge >= 0.3 is 6.03 Å². The number of rotatable bonds is 2. The minimum absolute atomic E-state index is 0.223. The molecule has 0 unspecified atom stereocenters. The normalized spacial score (nSPS) is 16.1. The van der Waals surface area contributed by atoms with Gasteiger partial charge in [0.05, 0.1) is 0 Å². The van der Waals surface area contributed by atoms with E-state index in [0.29, 0.717) is 18.7 Å². The molecule has 1 aliphatic heterocycles. The standard InChI is InChI=1S/C22H22FN3O/c1-15-9-10-17(14-16(15)2)24-22(27)26-13-12-25-11-5-8-20(25)21(26)18-6-3-4-7-19(18)23/h3-11,14,21H,12-13H2,1-2H3,(H,24,27)/t21-/m0/s1. The number of aryl methyl sites for hydroxylation is 2. The molecule has 2 amide bonds. The van der Waals surface area contributed by atoms with E-state index < -0.39 is 6.04 Å². The Labute approximate surface area is 158 Å². The number of hydrogen-bond donors (Lipinski definition) is 1. The molecule has 0 saturated carbocycles. The first-order valence-corrected chi connectivity index (χ1v) is 9.09. The molecule has 0 bridgehead atoms. The maximum Gasteiger partial charge on any atom is 0.322 e.